The molecule has 1 atom stereocenters. The van der Waals surface area contributed by atoms with Crippen molar-refractivity contribution < 1.29 is 14.3 Å². The molecule has 0 radical (unpaired) electrons. The van der Waals surface area contributed by atoms with E-state index in [1.165, 1.54) is 0 Å². The second kappa shape index (κ2) is 9.21. The zero-order valence-electron chi connectivity index (χ0n) is 20.4. The molecular formula is C26H36N4O3. The van der Waals surface area contributed by atoms with Gasteiger partial charge in [0.15, 0.2) is 0 Å². The molecule has 4 rings (SSSR count). The molecule has 2 aliphatic heterocycles. The van der Waals surface area contributed by atoms with Gasteiger partial charge in [-0.05, 0) is 57.8 Å². The van der Waals surface area contributed by atoms with Gasteiger partial charge in [0.1, 0.15) is 0 Å². The van der Waals surface area contributed by atoms with E-state index in [1.54, 1.807) is 11.1 Å². The number of benzene rings is 1. The molecule has 3 heterocycles. The van der Waals surface area contributed by atoms with E-state index < -0.39 is 5.97 Å². The first-order valence-electron chi connectivity index (χ1n) is 12.0. The molecule has 0 spiro atoms. The number of aromatic amines is 1. The van der Waals surface area contributed by atoms with E-state index in [4.69, 9.17) is 4.74 Å². The number of rotatable bonds is 4. The molecule has 178 valence electrons. The molecule has 2 amide bonds. The number of fused-ring (bicyclic) bond motifs is 3. The summed E-state index contributed by atoms with van der Waals surface area (Å²) in [4.78, 5) is 34.0. The fourth-order valence-electron chi connectivity index (χ4n) is 5.25. The number of carbonyl (C=O) groups excluding carboxylic acids is 2. The number of urea groups is 1. The summed E-state index contributed by atoms with van der Waals surface area (Å²) in [5, 5.41) is 4.31. The predicted octanol–water partition coefficient (Wildman–Crippen LogP) is 4.11. The van der Waals surface area contributed by atoms with E-state index in [0.29, 0.717) is 18.0 Å². The lowest BCUT2D eigenvalue weighted by Crippen LogP contribution is -2.49. The average Bonchev–Trinajstić information content (AvgIpc) is 3.11. The normalized spacial score (nSPS) is 20.4. The molecule has 2 aromatic rings. The van der Waals surface area contributed by atoms with E-state index in [9.17, 15) is 9.59 Å². The molecule has 2 N–H and O–H groups in total. The SMILES string of the molecule is CNCC1CCCN(C(=O)N2C=C(C(=O)OC(C)C)c3[nH]c4ccccc4c3C(C)(C)C2)C1. The molecule has 1 unspecified atom stereocenters. The third-order valence-corrected chi connectivity index (χ3v) is 6.59. The molecule has 7 heteroatoms. The number of hydrogen-bond donors (Lipinski definition) is 2. The van der Waals surface area contributed by atoms with Gasteiger partial charge in [-0.3, -0.25) is 4.90 Å². The number of esters is 1. The Morgan fingerprint density at radius 1 is 1.27 bits per heavy atom. The molecular weight excluding hydrogens is 416 g/mol. The van der Waals surface area contributed by atoms with Gasteiger partial charge < -0.3 is 19.9 Å². The Morgan fingerprint density at radius 3 is 2.76 bits per heavy atom. The van der Waals surface area contributed by atoms with Gasteiger partial charge in [-0.2, -0.15) is 0 Å². The second-order valence-electron chi connectivity index (χ2n) is 10.2. The van der Waals surface area contributed by atoms with E-state index >= 15 is 0 Å². The molecule has 0 bridgehead atoms. The number of H-pyrrole nitrogens is 1. The van der Waals surface area contributed by atoms with Crippen LogP contribution < -0.4 is 5.32 Å². The van der Waals surface area contributed by atoms with Gasteiger partial charge in [-0.1, -0.05) is 32.0 Å². The first kappa shape index (κ1) is 23.4. The highest BCUT2D eigenvalue weighted by Gasteiger charge is 2.39. The second-order valence-corrected chi connectivity index (χ2v) is 10.2. The molecule has 1 aromatic heterocycles. The summed E-state index contributed by atoms with van der Waals surface area (Å²) in [5.74, 6) is 0.0266. The highest BCUT2D eigenvalue weighted by molar-refractivity contribution is 6.18. The predicted molar refractivity (Wildman–Crippen MR) is 131 cm³/mol. The molecule has 33 heavy (non-hydrogen) atoms. The Hall–Kier alpha value is -2.80. The van der Waals surface area contributed by atoms with Crippen molar-refractivity contribution in [2.45, 2.75) is 52.1 Å². The Labute approximate surface area is 196 Å². The van der Waals surface area contributed by atoms with Crippen LogP contribution in [0.3, 0.4) is 0 Å². The van der Waals surface area contributed by atoms with Gasteiger partial charge in [-0.15, -0.1) is 0 Å². The Balaban J connectivity index is 1.76. The summed E-state index contributed by atoms with van der Waals surface area (Å²) in [6, 6.07) is 8.03. The maximum Gasteiger partial charge on any atom is 0.342 e. The fourth-order valence-corrected chi connectivity index (χ4v) is 5.25. The van der Waals surface area contributed by atoms with Crippen molar-refractivity contribution in [2.75, 3.05) is 33.2 Å². The average molecular weight is 453 g/mol. The van der Waals surface area contributed by atoms with Crippen LogP contribution in [0.1, 0.15) is 51.8 Å². The zero-order valence-corrected chi connectivity index (χ0v) is 20.4. The van der Waals surface area contributed by atoms with Crippen molar-refractivity contribution in [3.05, 3.63) is 41.7 Å². The Morgan fingerprint density at radius 2 is 2.03 bits per heavy atom. The van der Waals surface area contributed by atoms with Crippen LogP contribution in [0.25, 0.3) is 16.5 Å². The van der Waals surface area contributed by atoms with Gasteiger partial charge in [0.25, 0.3) is 0 Å². The number of nitrogens with zero attached hydrogens (tertiary/aromatic N) is 2. The molecule has 1 fully saturated rings. The summed E-state index contributed by atoms with van der Waals surface area (Å²) >= 11 is 0. The van der Waals surface area contributed by atoms with E-state index in [-0.39, 0.29) is 17.6 Å². The number of aromatic nitrogens is 1. The highest BCUT2D eigenvalue weighted by Crippen LogP contribution is 2.40. The van der Waals surface area contributed by atoms with Crippen LogP contribution in [0.4, 0.5) is 4.79 Å². The van der Waals surface area contributed by atoms with Gasteiger partial charge in [0.05, 0.1) is 17.4 Å². The van der Waals surface area contributed by atoms with Gasteiger partial charge >= 0.3 is 12.0 Å². The van der Waals surface area contributed by atoms with Crippen molar-refractivity contribution in [1.82, 2.24) is 20.1 Å². The minimum absolute atomic E-state index is 0.0480. The first-order valence-corrected chi connectivity index (χ1v) is 12.0. The fraction of sp³-hybridized carbons (Fsp3) is 0.538. The molecule has 1 aromatic carbocycles. The van der Waals surface area contributed by atoms with E-state index in [1.807, 2.05) is 44.0 Å². The minimum Gasteiger partial charge on any atom is -0.459 e. The van der Waals surface area contributed by atoms with Crippen molar-refractivity contribution in [2.24, 2.45) is 5.92 Å². The molecule has 1 saturated heterocycles. The first-order chi connectivity index (χ1) is 15.7. The maximum absolute atomic E-state index is 13.7. The number of likely N-dealkylation sites (tertiary alicyclic amines) is 1. The minimum atomic E-state index is -0.417. The standard InChI is InChI=1S/C26H36N4O3/c1-17(2)33-24(31)20-15-30(25(32)29-12-8-9-18(14-29)13-27-5)16-26(3,4)22-19-10-6-7-11-21(19)28-23(20)22/h6-7,10-11,15,17-18,27-28H,8-9,12-14,16H2,1-5H3. The Bertz CT molecular complexity index is 1070. The van der Waals surface area contributed by atoms with Crippen LogP contribution in [-0.4, -0.2) is 66.1 Å². The van der Waals surface area contributed by atoms with E-state index in [2.05, 4.69) is 30.2 Å². The largest absolute Gasteiger partial charge is 0.459 e. The number of carbonyl (C=O) groups is 2. The number of ether oxygens (including phenoxy) is 1. The van der Waals surface area contributed by atoms with Crippen molar-refractivity contribution >= 4 is 28.5 Å². The van der Waals surface area contributed by atoms with Crippen molar-refractivity contribution in [3.8, 4) is 0 Å². The number of hydrogen-bond acceptors (Lipinski definition) is 4. The molecule has 2 aliphatic rings. The lowest BCUT2D eigenvalue weighted by Gasteiger charge is -2.37. The van der Waals surface area contributed by atoms with Crippen molar-refractivity contribution in [3.63, 3.8) is 0 Å². The van der Waals surface area contributed by atoms with Crippen LogP contribution in [0.15, 0.2) is 30.5 Å². The quantitative estimate of drug-likeness (QED) is 0.685. The maximum atomic E-state index is 13.7. The lowest BCUT2D eigenvalue weighted by atomic mass is 9.82. The summed E-state index contributed by atoms with van der Waals surface area (Å²) < 4.78 is 5.60. The van der Waals surface area contributed by atoms with Gasteiger partial charge in [-0.25, -0.2) is 9.59 Å². The summed E-state index contributed by atoms with van der Waals surface area (Å²) in [6.07, 6.45) is 3.56. The number of amides is 2. The molecule has 0 aliphatic carbocycles. The summed E-state index contributed by atoms with van der Waals surface area (Å²) in [7, 11) is 1.95. The smallest absolute Gasteiger partial charge is 0.342 e. The van der Waals surface area contributed by atoms with Crippen LogP contribution in [0.2, 0.25) is 0 Å². The van der Waals surface area contributed by atoms with E-state index in [0.717, 1.165) is 54.6 Å². The van der Waals surface area contributed by atoms with Crippen LogP contribution in [-0.2, 0) is 14.9 Å². The van der Waals surface area contributed by atoms with Crippen LogP contribution in [0.5, 0.6) is 0 Å². The summed E-state index contributed by atoms with van der Waals surface area (Å²) in [6.45, 7) is 10.8. The zero-order chi connectivity index (χ0) is 23.8. The number of para-hydroxylation sites is 1. The highest BCUT2D eigenvalue weighted by atomic mass is 16.5. The number of nitrogens with one attached hydrogen (secondary N) is 2. The molecule has 0 saturated carbocycles. The third kappa shape index (κ3) is 4.64. The topological polar surface area (TPSA) is 77.7 Å². The van der Waals surface area contributed by atoms with Crippen LogP contribution in [0, 0.1) is 5.92 Å². The third-order valence-electron chi connectivity index (χ3n) is 6.59. The monoisotopic (exact) mass is 452 g/mol. The van der Waals surface area contributed by atoms with Gasteiger partial charge in [0, 0.05) is 42.2 Å². The van der Waals surface area contributed by atoms with Crippen LogP contribution >= 0.6 is 0 Å². The van der Waals surface area contributed by atoms with Gasteiger partial charge in [0.2, 0.25) is 0 Å². The Kier molecular flexibility index (Phi) is 6.52. The number of piperidine rings is 1. The molecule has 7 nitrogen and oxygen atoms in total. The lowest BCUT2D eigenvalue weighted by molar-refractivity contribution is -0.140. The van der Waals surface area contributed by atoms with Crippen molar-refractivity contribution in [1.29, 1.82) is 0 Å². The summed E-state index contributed by atoms with van der Waals surface area (Å²) in [5.41, 5.74) is 2.80.